The van der Waals surface area contributed by atoms with E-state index < -0.39 is 0 Å². The van der Waals surface area contributed by atoms with E-state index in [2.05, 4.69) is 15.6 Å². The molecule has 116 valence electrons. The minimum atomic E-state index is -0.102. The molecule has 22 heavy (non-hydrogen) atoms. The fraction of sp³-hybridized carbons (Fsp3) is 0.250. The predicted molar refractivity (Wildman–Crippen MR) is 84.1 cm³/mol. The van der Waals surface area contributed by atoms with Gasteiger partial charge in [-0.25, -0.2) is 0 Å². The summed E-state index contributed by atoms with van der Waals surface area (Å²) < 4.78 is 10.4. The number of carbonyl (C=O) groups is 1. The molecule has 0 unspecified atom stereocenters. The Morgan fingerprint density at radius 1 is 1.14 bits per heavy atom. The average molecular weight is 301 g/mol. The fourth-order valence-electron chi connectivity index (χ4n) is 1.88. The summed E-state index contributed by atoms with van der Waals surface area (Å²) in [5.74, 6) is 1.22. The van der Waals surface area contributed by atoms with E-state index in [1.165, 1.54) is 0 Å². The third-order valence-electron chi connectivity index (χ3n) is 3.09. The number of benzene rings is 1. The van der Waals surface area contributed by atoms with E-state index in [1.807, 2.05) is 18.2 Å². The molecule has 0 atom stereocenters. The molecule has 1 aromatic heterocycles. The second-order valence-corrected chi connectivity index (χ2v) is 4.55. The predicted octanol–water partition coefficient (Wildman–Crippen LogP) is 1.83. The Kier molecular flexibility index (Phi) is 5.59. The van der Waals surface area contributed by atoms with Crippen LogP contribution in [-0.2, 0) is 11.3 Å². The van der Waals surface area contributed by atoms with Crippen LogP contribution in [0.4, 0.5) is 5.69 Å². The highest BCUT2D eigenvalue weighted by Gasteiger charge is 2.07. The molecule has 0 spiro atoms. The lowest BCUT2D eigenvalue weighted by Gasteiger charge is -2.12. The Balaban J connectivity index is 1.86. The zero-order valence-corrected chi connectivity index (χ0v) is 12.6. The van der Waals surface area contributed by atoms with Crippen molar-refractivity contribution in [3.8, 4) is 11.5 Å². The number of rotatable bonds is 7. The second-order valence-electron chi connectivity index (χ2n) is 4.55. The highest BCUT2D eigenvalue weighted by Crippen LogP contribution is 2.28. The zero-order valence-electron chi connectivity index (χ0n) is 12.6. The molecule has 0 aliphatic carbocycles. The molecule has 2 N–H and O–H groups in total. The Bertz CT molecular complexity index is 617. The number of anilines is 1. The van der Waals surface area contributed by atoms with Crippen LogP contribution in [-0.4, -0.2) is 31.7 Å². The van der Waals surface area contributed by atoms with Crippen LogP contribution in [0.25, 0.3) is 0 Å². The van der Waals surface area contributed by atoms with Crippen molar-refractivity contribution in [1.82, 2.24) is 10.3 Å². The van der Waals surface area contributed by atoms with Crippen molar-refractivity contribution in [2.45, 2.75) is 6.54 Å². The Labute approximate surface area is 129 Å². The second kappa shape index (κ2) is 7.87. The molecule has 6 heteroatoms. The molecule has 0 fully saturated rings. The van der Waals surface area contributed by atoms with Crippen molar-refractivity contribution >= 4 is 11.6 Å². The Hall–Kier alpha value is -2.76. The molecule has 0 bridgehead atoms. The van der Waals surface area contributed by atoms with Crippen molar-refractivity contribution in [3.63, 3.8) is 0 Å². The number of pyridine rings is 1. The lowest BCUT2D eigenvalue weighted by molar-refractivity contribution is -0.119. The van der Waals surface area contributed by atoms with Crippen LogP contribution in [0.2, 0.25) is 0 Å². The number of aromatic nitrogens is 1. The SMILES string of the molecule is COc1ccc(NCC(=O)NCc2ccncc2)c(OC)c1. The lowest BCUT2D eigenvalue weighted by Crippen LogP contribution is -2.29. The zero-order chi connectivity index (χ0) is 15.8. The molecular formula is C16H19N3O3. The normalized spacial score (nSPS) is 9.91. The number of hydrogen-bond acceptors (Lipinski definition) is 5. The van der Waals surface area contributed by atoms with Gasteiger partial charge in [0.1, 0.15) is 11.5 Å². The number of nitrogens with one attached hydrogen (secondary N) is 2. The topological polar surface area (TPSA) is 72.5 Å². The van der Waals surface area contributed by atoms with E-state index in [4.69, 9.17) is 9.47 Å². The van der Waals surface area contributed by atoms with Gasteiger partial charge in [-0.3, -0.25) is 9.78 Å². The molecule has 0 radical (unpaired) electrons. The van der Waals surface area contributed by atoms with Crippen LogP contribution >= 0.6 is 0 Å². The molecule has 2 rings (SSSR count). The van der Waals surface area contributed by atoms with Gasteiger partial charge in [-0.15, -0.1) is 0 Å². The number of methoxy groups -OCH3 is 2. The summed E-state index contributed by atoms with van der Waals surface area (Å²) in [6.07, 6.45) is 3.39. The van der Waals surface area contributed by atoms with Gasteiger partial charge in [-0.2, -0.15) is 0 Å². The molecule has 6 nitrogen and oxygen atoms in total. The average Bonchev–Trinajstić information content (AvgIpc) is 2.58. The summed E-state index contributed by atoms with van der Waals surface area (Å²) >= 11 is 0. The van der Waals surface area contributed by atoms with Crippen molar-refractivity contribution in [2.75, 3.05) is 26.1 Å². The van der Waals surface area contributed by atoms with Gasteiger partial charge in [-0.05, 0) is 29.8 Å². The molecule has 1 aromatic carbocycles. The first-order valence-electron chi connectivity index (χ1n) is 6.84. The first-order valence-corrected chi connectivity index (χ1v) is 6.84. The summed E-state index contributed by atoms with van der Waals surface area (Å²) in [5.41, 5.74) is 1.74. The summed E-state index contributed by atoms with van der Waals surface area (Å²) in [6.45, 7) is 0.635. The first kappa shape index (κ1) is 15.6. The highest BCUT2D eigenvalue weighted by molar-refractivity contribution is 5.81. The van der Waals surface area contributed by atoms with Crippen molar-refractivity contribution < 1.29 is 14.3 Å². The van der Waals surface area contributed by atoms with Crippen molar-refractivity contribution in [1.29, 1.82) is 0 Å². The van der Waals surface area contributed by atoms with E-state index in [-0.39, 0.29) is 12.5 Å². The molecule has 0 saturated carbocycles. The third kappa shape index (κ3) is 4.37. The van der Waals surface area contributed by atoms with Crippen LogP contribution in [0.15, 0.2) is 42.7 Å². The number of ether oxygens (including phenoxy) is 2. The molecule has 1 amide bonds. The molecular weight excluding hydrogens is 282 g/mol. The molecule has 0 aliphatic rings. The summed E-state index contributed by atoms with van der Waals surface area (Å²) in [7, 11) is 3.16. The Morgan fingerprint density at radius 3 is 2.59 bits per heavy atom. The monoisotopic (exact) mass is 301 g/mol. The van der Waals surface area contributed by atoms with Gasteiger partial charge in [-0.1, -0.05) is 0 Å². The van der Waals surface area contributed by atoms with Crippen molar-refractivity contribution in [3.05, 3.63) is 48.3 Å². The van der Waals surface area contributed by atoms with Crippen LogP contribution in [0.5, 0.6) is 11.5 Å². The molecule has 0 saturated heterocycles. The van der Waals surface area contributed by atoms with Crippen molar-refractivity contribution in [2.24, 2.45) is 0 Å². The van der Waals surface area contributed by atoms with E-state index in [0.717, 1.165) is 11.3 Å². The maximum absolute atomic E-state index is 11.9. The van der Waals surface area contributed by atoms with Gasteiger partial charge in [0.2, 0.25) is 5.91 Å². The van der Waals surface area contributed by atoms with Crippen LogP contribution in [0, 0.1) is 0 Å². The summed E-state index contributed by atoms with van der Waals surface area (Å²) in [4.78, 5) is 15.8. The molecule has 0 aliphatic heterocycles. The maximum Gasteiger partial charge on any atom is 0.239 e. The molecule has 1 heterocycles. The highest BCUT2D eigenvalue weighted by atomic mass is 16.5. The van der Waals surface area contributed by atoms with Gasteiger partial charge < -0.3 is 20.1 Å². The van der Waals surface area contributed by atoms with Crippen LogP contribution < -0.4 is 20.1 Å². The fourth-order valence-corrected chi connectivity index (χ4v) is 1.88. The summed E-state index contributed by atoms with van der Waals surface area (Å²) in [6, 6.07) is 9.10. The number of carbonyl (C=O) groups excluding carboxylic acids is 1. The quantitative estimate of drug-likeness (QED) is 0.816. The minimum Gasteiger partial charge on any atom is -0.497 e. The standard InChI is InChI=1S/C16H19N3O3/c1-21-13-3-4-14(15(9-13)22-2)18-11-16(20)19-10-12-5-7-17-8-6-12/h3-9,18H,10-11H2,1-2H3,(H,19,20). The third-order valence-corrected chi connectivity index (χ3v) is 3.09. The maximum atomic E-state index is 11.9. The van der Waals surface area contributed by atoms with E-state index in [0.29, 0.717) is 18.0 Å². The smallest absolute Gasteiger partial charge is 0.239 e. The van der Waals surface area contributed by atoms with Crippen LogP contribution in [0.1, 0.15) is 5.56 Å². The van der Waals surface area contributed by atoms with E-state index in [9.17, 15) is 4.79 Å². The largest absolute Gasteiger partial charge is 0.497 e. The molecule has 2 aromatic rings. The number of amides is 1. The van der Waals surface area contributed by atoms with Gasteiger partial charge in [0.25, 0.3) is 0 Å². The number of hydrogen-bond donors (Lipinski definition) is 2. The van der Waals surface area contributed by atoms with E-state index in [1.54, 1.807) is 38.7 Å². The first-order chi connectivity index (χ1) is 10.7. The van der Waals surface area contributed by atoms with Crippen LogP contribution in [0.3, 0.4) is 0 Å². The van der Waals surface area contributed by atoms with Gasteiger partial charge in [0, 0.05) is 25.0 Å². The minimum absolute atomic E-state index is 0.102. The Morgan fingerprint density at radius 2 is 1.91 bits per heavy atom. The van der Waals surface area contributed by atoms with Gasteiger partial charge >= 0.3 is 0 Å². The van der Waals surface area contributed by atoms with E-state index >= 15 is 0 Å². The van der Waals surface area contributed by atoms with Gasteiger partial charge in [0.05, 0.1) is 26.5 Å². The lowest BCUT2D eigenvalue weighted by atomic mass is 10.2. The number of nitrogens with zero attached hydrogens (tertiary/aromatic N) is 1. The summed E-state index contributed by atoms with van der Waals surface area (Å²) in [5, 5.41) is 5.88. The van der Waals surface area contributed by atoms with Gasteiger partial charge in [0.15, 0.2) is 0 Å².